The first-order chi connectivity index (χ1) is 5.55. The molecule has 0 aromatic rings. The van der Waals surface area contributed by atoms with Gasteiger partial charge in [0.25, 0.3) is 0 Å². The van der Waals surface area contributed by atoms with Crippen molar-refractivity contribution in [3.05, 3.63) is 11.6 Å². The van der Waals surface area contributed by atoms with Crippen LogP contribution < -0.4 is 0 Å². The SMILES string of the molecule is C/C=C1/CCC=NC1C(C)(C)C. The molecule has 0 bridgehead atoms. The van der Waals surface area contributed by atoms with Crippen LogP contribution >= 0.6 is 0 Å². The minimum atomic E-state index is 0.277. The van der Waals surface area contributed by atoms with E-state index in [1.54, 1.807) is 0 Å². The normalized spacial score (nSPS) is 28.0. The number of allylic oxidation sites excluding steroid dienone is 1. The highest BCUT2D eigenvalue weighted by Gasteiger charge is 2.27. The molecule has 1 unspecified atom stereocenters. The maximum absolute atomic E-state index is 4.56. The second kappa shape index (κ2) is 3.42. The molecule has 0 fully saturated rings. The summed E-state index contributed by atoms with van der Waals surface area (Å²) in [6.45, 7) is 8.88. The van der Waals surface area contributed by atoms with Crippen LogP contribution in [0.2, 0.25) is 0 Å². The van der Waals surface area contributed by atoms with Crippen LogP contribution in [0.3, 0.4) is 0 Å². The Balaban J connectivity index is 2.86. The van der Waals surface area contributed by atoms with E-state index in [9.17, 15) is 0 Å². The zero-order chi connectivity index (χ0) is 9.19. The minimum Gasteiger partial charge on any atom is -0.289 e. The summed E-state index contributed by atoms with van der Waals surface area (Å²) < 4.78 is 0. The molecule has 12 heavy (non-hydrogen) atoms. The van der Waals surface area contributed by atoms with Gasteiger partial charge in [0.15, 0.2) is 0 Å². The number of hydrogen-bond donors (Lipinski definition) is 0. The molecule has 1 heteroatoms. The van der Waals surface area contributed by atoms with E-state index >= 15 is 0 Å². The lowest BCUT2D eigenvalue weighted by atomic mass is 9.80. The Morgan fingerprint density at radius 3 is 2.58 bits per heavy atom. The van der Waals surface area contributed by atoms with Gasteiger partial charge >= 0.3 is 0 Å². The molecule has 0 radical (unpaired) electrons. The second-order valence-corrected chi connectivity index (χ2v) is 4.50. The topological polar surface area (TPSA) is 12.4 Å². The minimum absolute atomic E-state index is 0.277. The summed E-state index contributed by atoms with van der Waals surface area (Å²) in [5, 5.41) is 0. The van der Waals surface area contributed by atoms with Crippen LogP contribution in [0, 0.1) is 5.41 Å². The van der Waals surface area contributed by atoms with Gasteiger partial charge in [-0.05, 0) is 37.0 Å². The molecule has 1 aliphatic heterocycles. The lowest BCUT2D eigenvalue weighted by Gasteiger charge is -2.31. The molecule has 0 aromatic carbocycles. The van der Waals surface area contributed by atoms with Crippen molar-refractivity contribution >= 4 is 6.21 Å². The second-order valence-electron chi connectivity index (χ2n) is 4.50. The zero-order valence-electron chi connectivity index (χ0n) is 8.59. The first-order valence-corrected chi connectivity index (χ1v) is 4.72. The van der Waals surface area contributed by atoms with Crippen LogP contribution in [-0.2, 0) is 0 Å². The standard InChI is InChI=1S/C11H19N/c1-5-9-7-6-8-12-10(9)11(2,3)4/h5,8,10H,6-7H2,1-4H3/b9-5-. The molecule has 0 amide bonds. The highest BCUT2D eigenvalue weighted by Crippen LogP contribution is 2.32. The van der Waals surface area contributed by atoms with Crippen LogP contribution in [0.1, 0.15) is 40.5 Å². The molecule has 1 rings (SSSR count). The first-order valence-electron chi connectivity index (χ1n) is 4.72. The predicted octanol–water partition coefficient (Wildman–Crippen LogP) is 3.21. The van der Waals surface area contributed by atoms with Gasteiger partial charge in [0.2, 0.25) is 0 Å². The summed E-state index contributed by atoms with van der Waals surface area (Å²) in [7, 11) is 0. The Morgan fingerprint density at radius 1 is 1.50 bits per heavy atom. The number of rotatable bonds is 0. The molecule has 1 atom stereocenters. The van der Waals surface area contributed by atoms with Crippen LogP contribution in [0.4, 0.5) is 0 Å². The number of aliphatic imine (C=N–C) groups is 1. The highest BCUT2D eigenvalue weighted by atomic mass is 14.8. The summed E-state index contributed by atoms with van der Waals surface area (Å²) in [6.07, 6.45) is 6.61. The lowest BCUT2D eigenvalue weighted by Crippen LogP contribution is -2.28. The van der Waals surface area contributed by atoms with Gasteiger partial charge in [-0.1, -0.05) is 26.8 Å². The monoisotopic (exact) mass is 165 g/mol. The Bertz CT molecular complexity index is 206. The van der Waals surface area contributed by atoms with Crippen molar-refractivity contribution in [3.63, 3.8) is 0 Å². The van der Waals surface area contributed by atoms with E-state index in [1.165, 1.54) is 12.0 Å². The molecular formula is C11H19N. The molecule has 1 heterocycles. The smallest absolute Gasteiger partial charge is 0.0753 e. The molecule has 0 saturated heterocycles. The molecule has 1 aliphatic rings. The Morgan fingerprint density at radius 2 is 2.17 bits per heavy atom. The Labute approximate surface area is 75.6 Å². The van der Waals surface area contributed by atoms with Gasteiger partial charge in [0.1, 0.15) is 0 Å². The highest BCUT2D eigenvalue weighted by molar-refractivity contribution is 5.60. The van der Waals surface area contributed by atoms with E-state index in [0.29, 0.717) is 6.04 Å². The van der Waals surface area contributed by atoms with E-state index in [4.69, 9.17) is 0 Å². The maximum Gasteiger partial charge on any atom is 0.0753 e. The molecule has 0 N–H and O–H groups in total. The van der Waals surface area contributed by atoms with Crippen LogP contribution in [-0.4, -0.2) is 12.3 Å². The average molecular weight is 165 g/mol. The average Bonchev–Trinajstić information content (AvgIpc) is 2.03. The van der Waals surface area contributed by atoms with E-state index in [2.05, 4.69) is 45.0 Å². The van der Waals surface area contributed by atoms with Gasteiger partial charge in [-0.15, -0.1) is 0 Å². The van der Waals surface area contributed by atoms with Crippen molar-refractivity contribution in [2.45, 2.75) is 46.6 Å². The van der Waals surface area contributed by atoms with E-state index < -0.39 is 0 Å². The largest absolute Gasteiger partial charge is 0.289 e. The summed E-state index contributed by atoms with van der Waals surface area (Å²) in [5.41, 5.74) is 1.78. The van der Waals surface area contributed by atoms with Gasteiger partial charge in [-0.2, -0.15) is 0 Å². The van der Waals surface area contributed by atoms with Gasteiger partial charge in [-0.25, -0.2) is 0 Å². The van der Waals surface area contributed by atoms with Crippen molar-refractivity contribution in [2.24, 2.45) is 10.4 Å². The fourth-order valence-electron chi connectivity index (χ4n) is 1.73. The van der Waals surface area contributed by atoms with Crippen LogP contribution in [0.25, 0.3) is 0 Å². The summed E-state index contributed by atoms with van der Waals surface area (Å²) in [6, 6.07) is 0.413. The fourth-order valence-corrected chi connectivity index (χ4v) is 1.73. The Hall–Kier alpha value is -0.590. The van der Waals surface area contributed by atoms with Crippen molar-refractivity contribution < 1.29 is 0 Å². The van der Waals surface area contributed by atoms with Gasteiger partial charge < -0.3 is 0 Å². The quantitative estimate of drug-likeness (QED) is 0.489. The summed E-state index contributed by atoms with van der Waals surface area (Å²) in [5.74, 6) is 0. The van der Waals surface area contributed by atoms with Crippen molar-refractivity contribution in [1.82, 2.24) is 0 Å². The number of nitrogens with zero attached hydrogens (tertiary/aromatic N) is 1. The summed E-state index contributed by atoms with van der Waals surface area (Å²) >= 11 is 0. The predicted molar refractivity (Wildman–Crippen MR) is 54.7 cm³/mol. The molecule has 0 aromatic heterocycles. The molecule has 0 aliphatic carbocycles. The fraction of sp³-hybridized carbons (Fsp3) is 0.727. The van der Waals surface area contributed by atoms with Crippen LogP contribution in [0.5, 0.6) is 0 Å². The third-order valence-corrected chi connectivity index (χ3v) is 2.36. The van der Waals surface area contributed by atoms with Crippen molar-refractivity contribution in [3.8, 4) is 0 Å². The summed E-state index contributed by atoms with van der Waals surface area (Å²) in [4.78, 5) is 4.56. The molecule has 0 spiro atoms. The van der Waals surface area contributed by atoms with Crippen molar-refractivity contribution in [1.29, 1.82) is 0 Å². The lowest BCUT2D eigenvalue weighted by molar-refractivity contribution is 0.347. The Kier molecular flexibility index (Phi) is 2.71. The molecular weight excluding hydrogens is 146 g/mol. The third-order valence-electron chi connectivity index (χ3n) is 2.36. The maximum atomic E-state index is 4.56. The molecule has 68 valence electrons. The van der Waals surface area contributed by atoms with Gasteiger partial charge in [0, 0.05) is 0 Å². The van der Waals surface area contributed by atoms with Gasteiger partial charge in [-0.3, -0.25) is 4.99 Å². The third kappa shape index (κ3) is 1.96. The van der Waals surface area contributed by atoms with E-state index in [1.807, 2.05) is 0 Å². The first kappa shape index (κ1) is 9.50. The van der Waals surface area contributed by atoms with Gasteiger partial charge in [0.05, 0.1) is 6.04 Å². The zero-order valence-corrected chi connectivity index (χ0v) is 8.59. The molecule has 1 nitrogen and oxygen atoms in total. The van der Waals surface area contributed by atoms with Crippen LogP contribution in [0.15, 0.2) is 16.6 Å². The number of hydrogen-bond acceptors (Lipinski definition) is 1. The van der Waals surface area contributed by atoms with E-state index in [0.717, 1.165) is 6.42 Å². The van der Waals surface area contributed by atoms with Crippen molar-refractivity contribution in [2.75, 3.05) is 0 Å². The van der Waals surface area contributed by atoms with E-state index in [-0.39, 0.29) is 5.41 Å². The molecule has 0 saturated carbocycles.